The summed E-state index contributed by atoms with van der Waals surface area (Å²) in [6.07, 6.45) is -0.923. The van der Waals surface area contributed by atoms with Crippen LogP contribution in [0.3, 0.4) is 0 Å². The molecule has 1 aromatic heterocycles. The molecule has 3 rings (SSSR count). The number of fused-ring (bicyclic) bond motifs is 1. The molecule has 140 valence electrons. The lowest BCUT2D eigenvalue weighted by molar-refractivity contribution is -0.130. The molecule has 1 unspecified atom stereocenters. The molecule has 6 nitrogen and oxygen atoms in total. The van der Waals surface area contributed by atoms with Gasteiger partial charge in [-0.05, 0) is 18.2 Å². The summed E-state index contributed by atoms with van der Waals surface area (Å²) in [5.41, 5.74) is 2.03. The minimum atomic E-state index is -0.926. The third-order valence-corrected chi connectivity index (χ3v) is 4.75. The molecule has 1 aromatic carbocycles. The molecular formula is C18H22ClFN4O2. The Morgan fingerprint density at radius 2 is 2.15 bits per heavy atom. The van der Waals surface area contributed by atoms with Crippen LogP contribution in [-0.2, 0) is 24.4 Å². The third kappa shape index (κ3) is 4.23. The lowest BCUT2D eigenvalue weighted by Gasteiger charge is -2.27. The van der Waals surface area contributed by atoms with Gasteiger partial charge in [0.05, 0.1) is 24.4 Å². The van der Waals surface area contributed by atoms with E-state index in [1.165, 1.54) is 11.0 Å². The second-order valence-corrected chi connectivity index (χ2v) is 7.17. The second-order valence-electron chi connectivity index (χ2n) is 6.74. The molecule has 0 bridgehead atoms. The Hall–Kier alpha value is -1.96. The van der Waals surface area contributed by atoms with Crippen molar-refractivity contribution in [2.45, 2.75) is 32.2 Å². The molecule has 0 spiro atoms. The highest BCUT2D eigenvalue weighted by atomic mass is 35.5. The summed E-state index contributed by atoms with van der Waals surface area (Å²) in [7, 11) is 3.31. The number of aromatic nitrogens is 2. The lowest BCUT2D eigenvalue weighted by atomic mass is 10.1. The summed E-state index contributed by atoms with van der Waals surface area (Å²) in [4.78, 5) is 15.3. The van der Waals surface area contributed by atoms with Gasteiger partial charge in [-0.3, -0.25) is 14.4 Å². The van der Waals surface area contributed by atoms with Crippen LogP contribution in [0, 0.1) is 5.82 Å². The summed E-state index contributed by atoms with van der Waals surface area (Å²) < 4.78 is 15.8. The van der Waals surface area contributed by atoms with E-state index in [4.69, 9.17) is 11.6 Å². The van der Waals surface area contributed by atoms with Crippen LogP contribution < -0.4 is 0 Å². The first-order valence-electron chi connectivity index (χ1n) is 8.44. The number of aliphatic hydroxyl groups is 1. The highest BCUT2D eigenvalue weighted by molar-refractivity contribution is 6.30. The van der Waals surface area contributed by atoms with Crippen LogP contribution in [0.15, 0.2) is 24.3 Å². The summed E-state index contributed by atoms with van der Waals surface area (Å²) in [6, 6.07) is 6.52. The van der Waals surface area contributed by atoms with E-state index in [2.05, 4.69) is 10.00 Å². The van der Waals surface area contributed by atoms with Gasteiger partial charge in [0.25, 0.3) is 0 Å². The molecule has 0 fully saturated rings. The van der Waals surface area contributed by atoms with Gasteiger partial charge in [-0.1, -0.05) is 17.7 Å². The van der Waals surface area contributed by atoms with Crippen LogP contribution in [0.4, 0.5) is 4.39 Å². The second kappa shape index (κ2) is 7.73. The normalized spacial score (nSPS) is 15.6. The van der Waals surface area contributed by atoms with E-state index in [1.807, 2.05) is 10.7 Å². The number of rotatable bonds is 5. The van der Waals surface area contributed by atoms with Gasteiger partial charge in [0, 0.05) is 44.3 Å². The average molecular weight is 381 g/mol. The van der Waals surface area contributed by atoms with E-state index in [-0.39, 0.29) is 18.1 Å². The molecule has 0 saturated carbocycles. The number of benzene rings is 1. The van der Waals surface area contributed by atoms with E-state index >= 15 is 0 Å². The van der Waals surface area contributed by atoms with Gasteiger partial charge in [0.2, 0.25) is 5.91 Å². The molecule has 2 heterocycles. The molecule has 2 aromatic rings. The van der Waals surface area contributed by atoms with E-state index in [9.17, 15) is 14.3 Å². The zero-order chi connectivity index (χ0) is 18.8. The molecule has 1 atom stereocenters. The highest BCUT2D eigenvalue weighted by Crippen LogP contribution is 2.23. The largest absolute Gasteiger partial charge is 0.386 e. The number of nitrogens with zero attached hydrogens (tertiary/aromatic N) is 4. The molecule has 1 N–H and O–H groups in total. The molecule has 1 amide bonds. The van der Waals surface area contributed by atoms with Crippen molar-refractivity contribution in [1.29, 1.82) is 0 Å². The minimum absolute atomic E-state index is 0.00313. The Bertz CT molecular complexity index is 808. The highest BCUT2D eigenvalue weighted by Gasteiger charge is 2.23. The maximum absolute atomic E-state index is 14.0. The lowest BCUT2D eigenvalue weighted by Crippen LogP contribution is -2.33. The zero-order valence-electron chi connectivity index (χ0n) is 14.8. The summed E-state index contributed by atoms with van der Waals surface area (Å²) in [6.45, 7) is 2.45. The Balaban J connectivity index is 1.67. The number of hydrogen-bond donors (Lipinski definition) is 1. The SMILES string of the molecule is CN(C)C(=O)CC(O)c1cc2n(n1)CCN(Cc1ccc(Cl)cc1F)C2. The van der Waals surface area contributed by atoms with Crippen LogP contribution in [-0.4, -0.2) is 51.2 Å². The number of carbonyl (C=O) groups excluding carboxylic acids is 1. The summed E-state index contributed by atoms with van der Waals surface area (Å²) in [5, 5.41) is 15.0. The number of halogens is 2. The fraction of sp³-hybridized carbons (Fsp3) is 0.444. The van der Waals surface area contributed by atoms with Crippen LogP contribution in [0.25, 0.3) is 0 Å². The van der Waals surface area contributed by atoms with Gasteiger partial charge in [0.15, 0.2) is 0 Å². The van der Waals surface area contributed by atoms with Gasteiger partial charge >= 0.3 is 0 Å². The third-order valence-electron chi connectivity index (χ3n) is 4.51. The Labute approximate surface area is 156 Å². The van der Waals surface area contributed by atoms with Crippen molar-refractivity contribution in [3.63, 3.8) is 0 Å². The maximum atomic E-state index is 14.0. The van der Waals surface area contributed by atoms with Gasteiger partial charge < -0.3 is 10.0 Å². The molecule has 26 heavy (non-hydrogen) atoms. The van der Waals surface area contributed by atoms with Crippen LogP contribution >= 0.6 is 11.6 Å². The molecule has 0 saturated heterocycles. The van der Waals surface area contributed by atoms with Crippen molar-refractivity contribution >= 4 is 17.5 Å². The standard InChI is InChI=1S/C18H22ClFN4O2/c1-22(2)18(26)9-17(25)16-8-14-11-23(5-6-24(14)21-16)10-12-3-4-13(19)7-15(12)20/h3-4,7-8,17,25H,5-6,9-11H2,1-2H3. The summed E-state index contributed by atoms with van der Waals surface area (Å²) in [5.74, 6) is -0.460. The van der Waals surface area contributed by atoms with E-state index < -0.39 is 6.10 Å². The Morgan fingerprint density at radius 3 is 2.85 bits per heavy atom. The van der Waals surface area contributed by atoms with Crippen molar-refractivity contribution in [3.05, 3.63) is 52.1 Å². The number of aliphatic hydroxyl groups excluding tert-OH is 1. The fourth-order valence-corrected chi connectivity index (χ4v) is 3.14. The molecular weight excluding hydrogens is 359 g/mol. The van der Waals surface area contributed by atoms with Gasteiger partial charge in [-0.2, -0.15) is 5.10 Å². The zero-order valence-corrected chi connectivity index (χ0v) is 15.6. The quantitative estimate of drug-likeness (QED) is 0.863. The fourth-order valence-electron chi connectivity index (χ4n) is 2.98. The number of carbonyl (C=O) groups is 1. The van der Waals surface area contributed by atoms with Gasteiger partial charge in [-0.15, -0.1) is 0 Å². The first-order valence-corrected chi connectivity index (χ1v) is 8.82. The average Bonchev–Trinajstić information content (AvgIpc) is 3.00. The van der Waals surface area contributed by atoms with E-state index in [0.717, 1.165) is 12.2 Å². The Kier molecular flexibility index (Phi) is 5.60. The molecule has 1 aliphatic rings. The van der Waals surface area contributed by atoms with Crippen molar-refractivity contribution < 1.29 is 14.3 Å². The van der Waals surface area contributed by atoms with E-state index in [0.29, 0.717) is 35.9 Å². The van der Waals surface area contributed by atoms with Gasteiger partial charge in [-0.25, -0.2) is 4.39 Å². The van der Waals surface area contributed by atoms with Crippen LogP contribution in [0.2, 0.25) is 5.02 Å². The maximum Gasteiger partial charge on any atom is 0.225 e. The molecule has 0 aliphatic carbocycles. The summed E-state index contributed by atoms with van der Waals surface area (Å²) >= 11 is 5.80. The van der Waals surface area contributed by atoms with Crippen LogP contribution in [0.5, 0.6) is 0 Å². The monoisotopic (exact) mass is 380 g/mol. The smallest absolute Gasteiger partial charge is 0.225 e. The van der Waals surface area contributed by atoms with Crippen LogP contribution in [0.1, 0.15) is 29.5 Å². The van der Waals surface area contributed by atoms with Crippen molar-refractivity contribution in [1.82, 2.24) is 19.6 Å². The predicted octanol–water partition coefficient (Wildman–Crippen LogP) is 2.20. The predicted molar refractivity (Wildman–Crippen MR) is 96.0 cm³/mol. The first kappa shape index (κ1) is 18.8. The number of hydrogen-bond acceptors (Lipinski definition) is 4. The topological polar surface area (TPSA) is 61.6 Å². The number of amides is 1. The van der Waals surface area contributed by atoms with Gasteiger partial charge in [0.1, 0.15) is 11.9 Å². The first-order chi connectivity index (χ1) is 12.3. The van der Waals surface area contributed by atoms with Crippen molar-refractivity contribution in [2.75, 3.05) is 20.6 Å². The van der Waals surface area contributed by atoms with Crippen molar-refractivity contribution in [2.24, 2.45) is 0 Å². The molecule has 8 heteroatoms. The van der Waals surface area contributed by atoms with Crippen molar-refractivity contribution in [3.8, 4) is 0 Å². The van der Waals surface area contributed by atoms with E-state index in [1.54, 1.807) is 26.2 Å². The molecule has 0 radical (unpaired) electrons. The minimum Gasteiger partial charge on any atom is -0.386 e. The Morgan fingerprint density at radius 1 is 1.38 bits per heavy atom. The molecule has 1 aliphatic heterocycles.